The molecule has 0 heterocycles. The zero-order valence-corrected chi connectivity index (χ0v) is 15.1. The third-order valence-corrected chi connectivity index (χ3v) is 2.68. The molecule has 0 aliphatic carbocycles. The van der Waals surface area contributed by atoms with Crippen LogP contribution in [0.3, 0.4) is 0 Å². The summed E-state index contributed by atoms with van der Waals surface area (Å²) in [5.41, 5.74) is 1.23. The van der Waals surface area contributed by atoms with Crippen molar-refractivity contribution < 1.29 is 0 Å². The quantitative estimate of drug-likeness (QED) is 0.325. The van der Waals surface area contributed by atoms with Crippen LogP contribution in [0.1, 0.15) is 18.9 Å². The van der Waals surface area contributed by atoms with E-state index < -0.39 is 0 Å². The summed E-state index contributed by atoms with van der Waals surface area (Å²) in [6, 6.07) is 10.3. The number of rotatable bonds is 7. The molecule has 0 fully saturated rings. The van der Waals surface area contributed by atoms with Crippen molar-refractivity contribution in [3.05, 3.63) is 35.9 Å². The number of aliphatic imine (C=N–C) groups is 1. The molecule has 0 aliphatic rings. The van der Waals surface area contributed by atoms with Crippen LogP contribution in [0.5, 0.6) is 0 Å². The molecule has 20 heavy (non-hydrogen) atoms. The van der Waals surface area contributed by atoms with Crippen molar-refractivity contribution in [2.24, 2.45) is 4.99 Å². The number of nitrogens with one attached hydrogen (secondary N) is 2. The molecule has 1 aromatic rings. The summed E-state index contributed by atoms with van der Waals surface area (Å²) in [4.78, 5) is 6.77. The first-order valence-electron chi connectivity index (χ1n) is 6.93. The number of halogens is 1. The van der Waals surface area contributed by atoms with Gasteiger partial charge < -0.3 is 15.5 Å². The summed E-state index contributed by atoms with van der Waals surface area (Å²) in [6.07, 6.45) is 1.11. The molecule has 0 amide bonds. The van der Waals surface area contributed by atoms with Crippen LogP contribution >= 0.6 is 24.0 Å². The molecule has 0 aromatic heterocycles. The second kappa shape index (κ2) is 12.0. The monoisotopic (exact) mass is 390 g/mol. The van der Waals surface area contributed by atoms with Gasteiger partial charge in [-0.3, -0.25) is 0 Å². The number of hydrogen-bond acceptors (Lipinski definition) is 2. The van der Waals surface area contributed by atoms with Gasteiger partial charge in [-0.1, -0.05) is 30.3 Å². The van der Waals surface area contributed by atoms with E-state index in [4.69, 9.17) is 0 Å². The van der Waals surface area contributed by atoms with E-state index in [-0.39, 0.29) is 24.0 Å². The lowest BCUT2D eigenvalue weighted by Crippen LogP contribution is -2.38. The van der Waals surface area contributed by atoms with Crippen molar-refractivity contribution in [2.75, 3.05) is 33.7 Å². The lowest BCUT2D eigenvalue weighted by Gasteiger charge is -2.13. The second-order valence-corrected chi connectivity index (χ2v) is 4.76. The third-order valence-electron chi connectivity index (χ3n) is 2.68. The molecule has 0 saturated carbocycles. The minimum absolute atomic E-state index is 0. The highest BCUT2D eigenvalue weighted by Gasteiger charge is 1.97. The van der Waals surface area contributed by atoms with E-state index in [9.17, 15) is 0 Å². The number of hydrogen-bond donors (Lipinski definition) is 2. The highest BCUT2D eigenvalue weighted by Crippen LogP contribution is 1.99. The van der Waals surface area contributed by atoms with Crippen LogP contribution in [0.15, 0.2) is 35.3 Å². The number of benzene rings is 1. The fraction of sp³-hybridized carbons (Fsp3) is 0.533. The SMILES string of the molecule is CCNC(=NCc1ccccc1)NCCCN(C)C.I. The van der Waals surface area contributed by atoms with Gasteiger partial charge in [0, 0.05) is 13.1 Å². The third kappa shape index (κ3) is 9.14. The standard InChI is InChI=1S/C15H26N4.HI/c1-4-16-15(17-11-8-12-19(2)3)18-13-14-9-6-5-7-10-14;/h5-7,9-10H,4,8,11-13H2,1-3H3,(H2,16,17,18);1H. The van der Waals surface area contributed by atoms with Crippen LogP contribution in [0, 0.1) is 0 Å². The fourth-order valence-corrected chi connectivity index (χ4v) is 1.70. The molecule has 0 radical (unpaired) electrons. The summed E-state index contributed by atoms with van der Waals surface area (Å²) >= 11 is 0. The Morgan fingerprint density at radius 2 is 1.85 bits per heavy atom. The number of nitrogens with zero attached hydrogens (tertiary/aromatic N) is 2. The van der Waals surface area contributed by atoms with Crippen LogP contribution in [0.25, 0.3) is 0 Å². The number of guanidine groups is 1. The van der Waals surface area contributed by atoms with E-state index >= 15 is 0 Å². The van der Waals surface area contributed by atoms with Gasteiger partial charge in [0.05, 0.1) is 6.54 Å². The summed E-state index contributed by atoms with van der Waals surface area (Å²) in [6.45, 7) is 5.71. The van der Waals surface area contributed by atoms with Crippen molar-refractivity contribution in [2.45, 2.75) is 19.9 Å². The Bertz CT molecular complexity index is 365. The minimum atomic E-state index is 0. The molecule has 0 saturated heterocycles. The molecule has 0 aliphatic heterocycles. The zero-order valence-electron chi connectivity index (χ0n) is 12.7. The van der Waals surface area contributed by atoms with Gasteiger partial charge in [-0.05, 0) is 39.5 Å². The first kappa shape index (κ1) is 19.2. The summed E-state index contributed by atoms with van der Waals surface area (Å²) < 4.78 is 0. The van der Waals surface area contributed by atoms with Crippen LogP contribution < -0.4 is 10.6 Å². The maximum Gasteiger partial charge on any atom is 0.191 e. The second-order valence-electron chi connectivity index (χ2n) is 4.76. The molecule has 0 spiro atoms. The summed E-state index contributed by atoms with van der Waals surface area (Å²) in [7, 11) is 4.18. The molecule has 0 atom stereocenters. The molecule has 0 bridgehead atoms. The van der Waals surface area contributed by atoms with Crippen molar-refractivity contribution in [1.29, 1.82) is 0 Å². The highest BCUT2D eigenvalue weighted by molar-refractivity contribution is 14.0. The molecular formula is C15H27IN4. The summed E-state index contributed by atoms with van der Waals surface area (Å²) in [5.74, 6) is 0.894. The van der Waals surface area contributed by atoms with Gasteiger partial charge in [0.1, 0.15) is 0 Å². The Morgan fingerprint density at radius 3 is 2.45 bits per heavy atom. The largest absolute Gasteiger partial charge is 0.357 e. The predicted octanol–water partition coefficient (Wildman–Crippen LogP) is 2.31. The average molecular weight is 390 g/mol. The Hall–Kier alpha value is -0.820. The van der Waals surface area contributed by atoms with Crippen LogP contribution in [-0.2, 0) is 6.54 Å². The lowest BCUT2D eigenvalue weighted by molar-refractivity contribution is 0.399. The molecule has 1 aromatic carbocycles. The Kier molecular flexibility index (Phi) is 11.5. The van der Waals surface area contributed by atoms with Gasteiger partial charge >= 0.3 is 0 Å². The molecule has 4 nitrogen and oxygen atoms in total. The van der Waals surface area contributed by atoms with Gasteiger partial charge in [-0.2, -0.15) is 0 Å². The zero-order chi connectivity index (χ0) is 13.9. The van der Waals surface area contributed by atoms with E-state index in [2.05, 4.69) is 53.7 Å². The minimum Gasteiger partial charge on any atom is -0.357 e. The summed E-state index contributed by atoms with van der Waals surface area (Å²) in [5, 5.41) is 6.62. The van der Waals surface area contributed by atoms with E-state index in [1.54, 1.807) is 0 Å². The maximum atomic E-state index is 4.58. The molecule has 2 N–H and O–H groups in total. The maximum absolute atomic E-state index is 4.58. The highest BCUT2D eigenvalue weighted by atomic mass is 127. The molecule has 1 rings (SSSR count). The van der Waals surface area contributed by atoms with Crippen molar-refractivity contribution in [3.63, 3.8) is 0 Å². The average Bonchev–Trinajstić information content (AvgIpc) is 2.41. The normalized spacial score (nSPS) is 11.1. The van der Waals surface area contributed by atoms with Gasteiger partial charge in [-0.25, -0.2) is 4.99 Å². The van der Waals surface area contributed by atoms with Crippen molar-refractivity contribution in [3.8, 4) is 0 Å². The molecule has 114 valence electrons. The fourth-order valence-electron chi connectivity index (χ4n) is 1.70. The molecule has 5 heteroatoms. The smallest absolute Gasteiger partial charge is 0.191 e. The Labute approximate surface area is 140 Å². The van der Waals surface area contributed by atoms with Crippen LogP contribution in [-0.4, -0.2) is 44.6 Å². The lowest BCUT2D eigenvalue weighted by atomic mass is 10.2. The van der Waals surface area contributed by atoms with Gasteiger partial charge in [0.2, 0.25) is 0 Å². The van der Waals surface area contributed by atoms with E-state index in [1.165, 1.54) is 5.56 Å². The Morgan fingerprint density at radius 1 is 1.15 bits per heavy atom. The molecule has 0 unspecified atom stereocenters. The van der Waals surface area contributed by atoms with Crippen molar-refractivity contribution in [1.82, 2.24) is 15.5 Å². The van der Waals surface area contributed by atoms with Crippen molar-refractivity contribution >= 4 is 29.9 Å². The molecular weight excluding hydrogens is 363 g/mol. The topological polar surface area (TPSA) is 39.7 Å². The van der Waals surface area contributed by atoms with Gasteiger partial charge in [0.15, 0.2) is 5.96 Å². The predicted molar refractivity (Wildman–Crippen MR) is 97.8 cm³/mol. The van der Waals surface area contributed by atoms with Crippen LogP contribution in [0.4, 0.5) is 0 Å². The van der Waals surface area contributed by atoms with Gasteiger partial charge in [-0.15, -0.1) is 24.0 Å². The van der Waals surface area contributed by atoms with Crippen LogP contribution in [0.2, 0.25) is 0 Å². The van der Waals surface area contributed by atoms with E-state index in [0.29, 0.717) is 6.54 Å². The Balaban J connectivity index is 0.00000361. The van der Waals surface area contributed by atoms with Gasteiger partial charge in [0.25, 0.3) is 0 Å². The first-order chi connectivity index (χ1) is 9.22. The van der Waals surface area contributed by atoms with E-state index in [1.807, 2.05) is 18.2 Å². The first-order valence-corrected chi connectivity index (χ1v) is 6.93. The van der Waals surface area contributed by atoms with E-state index in [0.717, 1.165) is 32.0 Å².